The minimum absolute atomic E-state index is 0.344. The van der Waals surface area contributed by atoms with Crippen molar-refractivity contribution >= 4 is 14.1 Å². The minimum Gasteiger partial charge on any atom is -0.289 e. The van der Waals surface area contributed by atoms with Crippen molar-refractivity contribution in [1.29, 1.82) is 0 Å². The summed E-state index contributed by atoms with van der Waals surface area (Å²) in [6.07, 6.45) is 3.37. The number of benzene rings is 1. The molecule has 1 nitrogen and oxygen atoms in total. The van der Waals surface area contributed by atoms with Gasteiger partial charge in [-0.15, -0.1) is 0 Å². The maximum absolute atomic E-state index is 12.2. The largest absolute Gasteiger partial charge is 0.289 e. The molecular formula is C15H23OP. The number of rotatable bonds is 5. The summed E-state index contributed by atoms with van der Waals surface area (Å²) in [6.45, 7) is 10.5. The average molecular weight is 250 g/mol. The number of aryl methyl sites for hydroxylation is 2. The minimum atomic E-state index is 0.344. The van der Waals surface area contributed by atoms with Gasteiger partial charge in [-0.2, -0.15) is 0 Å². The Hall–Kier alpha value is -0.680. The van der Waals surface area contributed by atoms with E-state index in [4.69, 9.17) is 0 Å². The van der Waals surface area contributed by atoms with Gasteiger partial charge in [-0.25, -0.2) is 0 Å². The summed E-state index contributed by atoms with van der Waals surface area (Å²) in [5, 5.41) is 0. The smallest absolute Gasteiger partial charge is 0.181 e. The molecule has 0 bridgehead atoms. The molecule has 1 unspecified atom stereocenters. The molecule has 0 saturated carbocycles. The molecule has 0 amide bonds. The van der Waals surface area contributed by atoms with Crippen LogP contribution in [0.3, 0.4) is 0 Å². The zero-order valence-electron chi connectivity index (χ0n) is 11.6. The van der Waals surface area contributed by atoms with Crippen LogP contribution in [0.4, 0.5) is 0 Å². The number of hydrogen-bond acceptors (Lipinski definition) is 1. The Balaban J connectivity index is 2.97. The van der Waals surface area contributed by atoms with E-state index in [1.165, 1.54) is 23.1 Å². The molecule has 0 aliphatic heterocycles. The molecule has 0 aliphatic carbocycles. The lowest BCUT2D eigenvalue weighted by molar-refractivity contribution is 0.108. The van der Waals surface area contributed by atoms with E-state index < -0.39 is 0 Å². The number of carbonyl (C=O) groups excluding carboxylic acids is 1. The molecule has 2 heteroatoms. The van der Waals surface area contributed by atoms with Crippen LogP contribution in [-0.2, 0) is 0 Å². The second-order valence-corrected chi connectivity index (χ2v) is 6.05. The molecule has 0 saturated heterocycles. The van der Waals surface area contributed by atoms with E-state index >= 15 is 0 Å². The van der Waals surface area contributed by atoms with Crippen LogP contribution in [-0.4, -0.2) is 11.7 Å². The summed E-state index contributed by atoms with van der Waals surface area (Å²) in [4.78, 5) is 12.2. The number of hydrogen-bond donors (Lipinski definition) is 0. The number of unbranched alkanes of at least 4 members (excludes halogenated alkanes) is 1. The summed E-state index contributed by atoms with van der Waals surface area (Å²) < 4.78 is 0. The summed E-state index contributed by atoms with van der Waals surface area (Å²) in [5.74, 6) is 0. The second kappa shape index (κ2) is 6.31. The molecular weight excluding hydrogens is 227 g/mol. The third-order valence-electron chi connectivity index (χ3n) is 3.40. The second-order valence-electron chi connectivity index (χ2n) is 4.74. The fraction of sp³-hybridized carbons (Fsp3) is 0.533. The van der Waals surface area contributed by atoms with E-state index in [2.05, 4.69) is 40.7 Å². The van der Waals surface area contributed by atoms with E-state index in [0.29, 0.717) is 14.1 Å². The fourth-order valence-corrected chi connectivity index (χ4v) is 3.42. The molecule has 1 atom stereocenters. The van der Waals surface area contributed by atoms with Crippen molar-refractivity contribution < 1.29 is 4.79 Å². The Bertz CT molecular complexity index is 421. The molecule has 1 rings (SSSR count). The van der Waals surface area contributed by atoms with Crippen molar-refractivity contribution in [3.63, 3.8) is 0 Å². The van der Waals surface area contributed by atoms with Gasteiger partial charge in [0, 0.05) is 5.56 Å². The van der Waals surface area contributed by atoms with Crippen molar-refractivity contribution in [2.24, 2.45) is 0 Å². The quantitative estimate of drug-likeness (QED) is 0.554. The summed E-state index contributed by atoms with van der Waals surface area (Å²) in [5.41, 5.74) is 6.18. The standard InChI is InChI=1S/C15H23OP/c1-6-7-8-17-15(16)14-11(3)9-10(2)12(4)13(14)5/h9,17H,6-8H2,1-5H3. The molecule has 0 aliphatic rings. The molecule has 0 spiro atoms. The maximum Gasteiger partial charge on any atom is 0.181 e. The van der Waals surface area contributed by atoms with E-state index in [1.807, 2.05) is 0 Å². The molecule has 1 aromatic carbocycles. The van der Waals surface area contributed by atoms with Crippen molar-refractivity contribution in [1.82, 2.24) is 0 Å². The van der Waals surface area contributed by atoms with Crippen molar-refractivity contribution in [2.75, 3.05) is 6.16 Å². The van der Waals surface area contributed by atoms with E-state index in [1.54, 1.807) is 0 Å². The Labute approximate surface area is 107 Å². The molecule has 1 aromatic rings. The van der Waals surface area contributed by atoms with Gasteiger partial charge in [0.15, 0.2) is 5.52 Å². The summed E-state index contributed by atoms with van der Waals surface area (Å²) in [6, 6.07) is 2.14. The zero-order valence-corrected chi connectivity index (χ0v) is 12.6. The molecule has 0 radical (unpaired) electrons. The average Bonchev–Trinajstić information content (AvgIpc) is 2.26. The normalized spacial score (nSPS) is 11.4. The molecule has 0 aromatic heterocycles. The van der Waals surface area contributed by atoms with Crippen LogP contribution in [0.1, 0.15) is 52.4 Å². The third kappa shape index (κ3) is 3.39. The van der Waals surface area contributed by atoms with Gasteiger partial charge < -0.3 is 0 Å². The predicted octanol–water partition coefficient (Wildman–Crippen LogP) is 4.54. The lowest BCUT2D eigenvalue weighted by atomic mass is 9.95. The predicted molar refractivity (Wildman–Crippen MR) is 77.8 cm³/mol. The highest BCUT2D eigenvalue weighted by molar-refractivity contribution is 7.58. The maximum atomic E-state index is 12.2. The highest BCUT2D eigenvalue weighted by Crippen LogP contribution is 2.28. The molecule has 0 N–H and O–H groups in total. The highest BCUT2D eigenvalue weighted by Gasteiger charge is 2.14. The van der Waals surface area contributed by atoms with Crippen LogP contribution in [0.5, 0.6) is 0 Å². The third-order valence-corrected chi connectivity index (χ3v) is 4.57. The van der Waals surface area contributed by atoms with Crippen molar-refractivity contribution in [3.05, 3.63) is 33.9 Å². The van der Waals surface area contributed by atoms with Gasteiger partial charge in [0.05, 0.1) is 0 Å². The molecule has 0 heterocycles. The summed E-state index contributed by atoms with van der Waals surface area (Å²) >= 11 is 0. The Morgan fingerprint density at radius 2 is 1.76 bits per heavy atom. The van der Waals surface area contributed by atoms with Gasteiger partial charge in [-0.1, -0.05) is 19.4 Å². The van der Waals surface area contributed by atoms with Crippen LogP contribution in [0.2, 0.25) is 0 Å². The molecule has 94 valence electrons. The van der Waals surface area contributed by atoms with Crippen LogP contribution < -0.4 is 0 Å². The Morgan fingerprint density at radius 3 is 2.35 bits per heavy atom. The van der Waals surface area contributed by atoms with E-state index in [0.717, 1.165) is 23.7 Å². The Morgan fingerprint density at radius 1 is 1.12 bits per heavy atom. The Kier molecular flexibility index (Phi) is 5.33. The molecule has 0 fully saturated rings. The first kappa shape index (κ1) is 14.4. The van der Waals surface area contributed by atoms with Gasteiger partial charge in [0.1, 0.15) is 0 Å². The van der Waals surface area contributed by atoms with E-state index in [-0.39, 0.29) is 0 Å². The lowest BCUT2D eigenvalue weighted by Gasteiger charge is -2.14. The first-order valence-electron chi connectivity index (χ1n) is 6.34. The van der Waals surface area contributed by atoms with Crippen LogP contribution >= 0.6 is 8.58 Å². The topological polar surface area (TPSA) is 17.1 Å². The SMILES string of the molecule is CCCCPC(=O)c1c(C)cc(C)c(C)c1C. The van der Waals surface area contributed by atoms with Crippen molar-refractivity contribution in [2.45, 2.75) is 47.5 Å². The van der Waals surface area contributed by atoms with Crippen LogP contribution in [0.15, 0.2) is 6.07 Å². The first-order chi connectivity index (χ1) is 7.99. The van der Waals surface area contributed by atoms with Gasteiger partial charge >= 0.3 is 0 Å². The van der Waals surface area contributed by atoms with Crippen LogP contribution in [0.25, 0.3) is 0 Å². The van der Waals surface area contributed by atoms with Gasteiger partial charge in [0.25, 0.3) is 0 Å². The molecule has 17 heavy (non-hydrogen) atoms. The summed E-state index contributed by atoms with van der Waals surface area (Å²) in [7, 11) is 0.437. The monoisotopic (exact) mass is 250 g/mol. The first-order valence-corrected chi connectivity index (χ1v) is 7.55. The van der Waals surface area contributed by atoms with Gasteiger partial charge in [-0.3, -0.25) is 4.79 Å². The van der Waals surface area contributed by atoms with Crippen molar-refractivity contribution in [3.8, 4) is 0 Å². The van der Waals surface area contributed by atoms with E-state index in [9.17, 15) is 4.79 Å². The highest BCUT2D eigenvalue weighted by atomic mass is 31.1. The lowest BCUT2D eigenvalue weighted by Crippen LogP contribution is -2.03. The van der Waals surface area contributed by atoms with Crippen LogP contribution in [0, 0.1) is 27.7 Å². The zero-order chi connectivity index (χ0) is 13.0. The number of carbonyl (C=O) groups is 1. The van der Waals surface area contributed by atoms with Gasteiger partial charge in [-0.05, 0) is 71.1 Å². The van der Waals surface area contributed by atoms with Gasteiger partial charge in [0.2, 0.25) is 0 Å². The fourth-order valence-electron chi connectivity index (χ4n) is 2.10.